The molecule has 2 heterocycles. The molecule has 3 aromatic rings. The molecule has 2 N–H and O–H groups in total. The number of nitrogens with zero attached hydrogens (tertiary/aromatic N) is 1. The van der Waals surface area contributed by atoms with Gasteiger partial charge in [0.25, 0.3) is 5.91 Å². The van der Waals surface area contributed by atoms with Crippen LogP contribution in [0.25, 0.3) is 17.4 Å². The van der Waals surface area contributed by atoms with Crippen molar-refractivity contribution in [3.05, 3.63) is 83.8 Å². The highest BCUT2D eigenvalue weighted by Crippen LogP contribution is 2.24. The summed E-state index contributed by atoms with van der Waals surface area (Å²) in [5.41, 5.74) is 2.60. The van der Waals surface area contributed by atoms with Crippen LogP contribution in [0.3, 0.4) is 0 Å². The highest BCUT2D eigenvalue weighted by molar-refractivity contribution is 6.15. The molecule has 0 unspecified atom stereocenters. The highest BCUT2D eigenvalue weighted by atomic mass is 16.3. The normalized spacial score (nSPS) is 14.7. The fourth-order valence-electron chi connectivity index (χ4n) is 3.33. The molecule has 0 spiro atoms. The topological polar surface area (TPSA) is 91.7 Å². The van der Waals surface area contributed by atoms with Gasteiger partial charge in [0.05, 0.1) is 0 Å². The predicted molar refractivity (Wildman–Crippen MR) is 117 cm³/mol. The van der Waals surface area contributed by atoms with Crippen molar-refractivity contribution in [3.8, 4) is 11.3 Å². The van der Waals surface area contributed by atoms with Crippen LogP contribution in [0.2, 0.25) is 0 Å². The fourth-order valence-corrected chi connectivity index (χ4v) is 3.33. The molecule has 1 saturated heterocycles. The number of imide groups is 1. The molecule has 0 saturated carbocycles. The summed E-state index contributed by atoms with van der Waals surface area (Å²) in [4.78, 5) is 38.2. The number of para-hydroxylation sites is 1. The van der Waals surface area contributed by atoms with Crippen molar-refractivity contribution in [2.45, 2.75) is 13.3 Å². The molecule has 0 radical (unpaired) electrons. The Labute approximate surface area is 179 Å². The maximum absolute atomic E-state index is 12.7. The van der Waals surface area contributed by atoms with Gasteiger partial charge < -0.3 is 15.1 Å². The quantitative estimate of drug-likeness (QED) is 0.470. The van der Waals surface area contributed by atoms with Crippen molar-refractivity contribution in [2.24, 2.45) is 0 Å². The molecular formula is C24H21N3O4. The Morgan fingerprint density at radius 3 is 2.55 bits per heavy atom. The van der Waals surface area contributed by atoms with Crippen LogP contribution in [-0.4, -0.2) is 29.3 Å². The third-order valence-corrected chi connectivity index (χ3v) is 4.91. The van der Waals surface area contributed by atoms with Crippen molar-refractivity contribution < 1.29 is 18.8 Å². The number of urea groups is 1. The van der Waals surface area contributed by atoms with Crippen molar-refractivity contribution in [1.82, 2.24) is 10.2 Å². The van der Waals surface area contributed by atoms with Gasteiger partial charge in [-0.15, -0.1) is 0 Å². The second kappa shape index (κ2) is 8.71. The highest BCUT2D eigenvalue weighted by Gasteiger charge is 2.35. The monoisotopic (exact) mass is 415 g/mol. The summed E-state index contributed by atoms with van der Waals surface area (Å²) in [7, 11) is 0. The summed E-state index contributed by atoms with van der Waals surface area (Å²) in [6.45, 7) is 1.60. The van der Waals surface area contributed by atoms with E-state index in [9.17, 15) is 14.4 Å². The zero-order valence-electron chi connectivity index (χ0n) is 16.9. The molecule has 31 heavy (non-hydrogen) atoms. The average Bonchev–Trinajstić information content (AvgIpc) is 3.35. The fraction of sp³-hybridized carbons (Fsp3) is 0.125. The van der Waals surface area contributed by atoms with Gasteiger partial charge in [0.2, 0.25) is 5.91 Å². The minimum Gasteiger partial charge on any atom is -0.457 e. The van der Waals surface area contributed by atoms with Crippen molar-refractivity contribution in [1.29, 1.82) is 0 Å². The molecule has 0 atom stereocenters. The molecule has 0 bridgehead atoms. The maximum Gasteiger partial charge on any atom is 0.329 e. The maximum atomic E-state index is 12.7. The van der Waals surface area contributed by atoms with E-state index >= 15 is 0 Å². The second-order valence-corrected chi connectivity index (χ2v) is 7.01. The summed E-state index contributed by atoms with van der Waals surface area (Å²) >= 11 is 0. The van der Waals surface area contributed by atoms with Gasteiger partial charge in [-0.1, -0.05) is 55.5 Å². The van der Waals surface area contributed by atoms with E-state index in [1.807, 2.05) is 55.5 Å². The lowest BCUT2D eigenvalue weighted by Gasteiger charge is -2.13. The third-order valence-electron chi connectivity index (χ3n) is 4.91. The Kier molecular flexibility index (Phi) is 5.66. The Morgan fingerprint density at radius 1 is 1.03 bits per heavy atom. The Morgan fingerprint density at radius 2 is 1.77 bits per heavy atom. The molecule has 1 aliphatic rings. The molecule has 4 rings (SSSR count). The van der Waals surface area contributed by atoms with Gasteiger partial charge in [0.15, 0.2) is 0 Å². The summed E-state index contributed by atoms with van der Waals surface area (Å²) in [6.07, 6.45) is 2.21. The number of nitrogens with one attached hydrogen (secondary N) is 2. The molecule has 7 nitrogen and oxygen atoms in total. The lowest BCUT2D eigenvalue weighted by molar-refractivity contribution is -0.127. The molecule has 4 amide bonds. The molecule has 7 heteroatoms. The second-order valence-electron chi connectivity index (χ2n) is 7.01. The van der Waals surface area contributed by atoms with Gasteiger partial charge in [0.1, 0.15) is 23.8 Å². The van der Waals surface area contributed by atoms with Crippen LogP contribution in [0.4, 0.5) is 10.5 Å². The Bertz CT molecular complexity index is 1160. The lowest BCUT2D eigenvalue weighted by Crippen LogP contribution is -2.38. The summed E-state index contributed by atoms with van der Waals surface area (Å²) in [6, 6.07) is 19.8. The summed E-state index contributed by atoms with van der Waals surface area (Å²) in [5, 5.41) is 5.27. The first-order chi connectivity index (χ1) is 15.0. The van der Waals surface area contributed by atoms with Crippen molar-refractivity contribution >= 4 is 29.6 Å². The molecule has 0 aliphatic carbocycles. The van der Waals surface area contributed by atoms with Crippen LogP contribution >= 0.6 is 0 Å². The van der Waals surface area contributed by atoms with Gasteiger partial charge in [-0.25, -0.2) is 9.69 Å². The van der Waals surface area contributed by atoms with E-state index in [4.69, 9.17) is 4.42 Å². The van der Waals surface area contributed by atoms with Crippen molar-refractivity contribution in [2.75, 3.05) is 11.9 Å². The molecule has 2 aromatic carbocycles. The van der Waals surface area contributed by atoms with E-state index in [-0.39, 0.29) is 12.2 Å². The first kappa shape index (κ1) is 20.2. The van der Waals surface area contributed by atoms with Crippen molar-refractivity contribution in [3.63, 3.8) is 0 Å². The van der Waals surface area contributed by atoms with E-state index in [0.29, 0.717) is 17.2 Å². The minimum atomic E-state index is -0.648. The number of anilines is 1. The zero-order chi connectivity index (χ0) is 21.8. The number of aryl methyl sites for hydroxylation is 1. The molecule has 1 aliphatic heterocycles. The Hall–Kier alpha value is -4.13. The van der Waals surface area contributed by atoms with Gasteiger partial charge in [-0.05, 0) is 30.2 Å². The van der Waals surface area contributed by atoms with Crippen LogP contribution in [0.5, 0.6) is 0 Å². The first-order valence-corrected chi connectivity index (χ1v) is 9.92. The number of carbonyl (C=O) groups is 3. The predicted octanol–water partition coefficient (Wildman–Crippen LogP) is 4.04. The van der Waals surface area contributed by atoms with E-state index in [2.05, 4.69) is 10.6 Å². The number of amides is 4. The lowest BCUT2D eigenvalue weighted by atomic mass is 10.1. The number of rotatable bonds is 6. The van der Waals surface area contributed by atoms with Gasteiger partial charge >= 0.3 is 6.03 Å². The standard InChI is InChI=1S/C24H21N3O4/c1-2-16-8-6-7-11-19(16)25-22(28)15-27-23(29)20(26-24(27)30)14-18-12-13-21(31-18)17-9-4-3-5-10-17/h3-14H,2,15H2,1H3,(H,25,28)(H,26,30)/b20-14+. The molecular weight excluding hydrogens is 394 g/mol. The van der Waals surface area contributed by atoms with Gasteiger partial charge in [0, 0.05) is 17.3 Å². The van der Waals surface area contributed by atoms with Crippen LogP contribution < -0.4 is 10.6 Å². The number of furan rings is 1. The average molecular weight is 415 g/mol. The van der Waals surface area contributed by atoms with Crippen LogP contribution in [0, 0.1) is 0 Å². The van der Waals surface area contributed by atoms with E-state index in [0.717, 1.165) is 22.4 Å². The zero-order valence-corrected chi connectivity index (χ0v) is 16.9. The number of hydrogen-bond donors (Lipinski definition) is 2. The molecule has 1 aromatic heterocycles. The number of benzene rings is 2. The van der Waals surface area contributed by atoms with E-state index < -0.39 is 17.8 Å². The third kappa shape index (κ3) is 4.40. The SMILES string of the molecule is CCc1ccccc1NC(=O)CN1C(=O)N/C(=C/c2ccc(-c3ccccc3)o2)C1=O. The van der Waals surface area contributed by atoms with E-state index in [1.54, 1.807) is 18.2 Å². The van der Waals surface area contributed by atoms with Crippen LogP contribution in [-0.2, 0) is 16.0 Å². The first-order valence-electron chi connectivity index (χ1n) is 9.92. The molecule has 1 fully saturated rings. The Balaban J connectivity index is 1.45. The summed E-state index contributed by atoms with van der Waals surface area (Å²) < 4.78 is 5.76. The van der Waals surface area contributed by atoms with Crippen LogP contribution in [0.1, 0.15) is 18.2 Å². The van der Waals surface area contributed by atoms with E-state index in [1.165, 1.54) is 6.08 Å². The number of hydrogen-bond acceptors (Lipinski definition) is 4. The largest absolute Gasteiger partial charge is 0.457 e. The smallest absolute Gasteiger partial charge is 0.329 e. The van der Waals surface area contributed by atoms with Gasteiger partial charge in [-0.3, -0.25) is 9.59 Å². The van der Waals surface area contributed by atoms with Gasteiger partial charge in [-0.2, -0.15) is 0 Å². The molecule has 156 valence electrons. The summed E-state index contributed by atoms with van der Waals surface area (Å²) in [5.74, 6) is 0.0392. The number of carbonyl (C=O) groups excluding carboxylic acids is 3. The van der Waals surface area contributed by atoms with Crippen LogP contribution in [0.15, 0.2) is 76.8 Å². The minimum absolute atomic E-state index is 0.0562.